The van der Waals surface area contributed by atoms with Crippen molar-refractivity contribution in [3.8, 4) is 40.4 Å². The first-order valence-corrected chi connectivity index (χ1v) is 42.9. The monoisotopic (exact) mass is 1390 g/mol. The van der Waals surface area contributed by atoms with Crippen molar-refractivity contribution in [1.82, 2.24) is 10.2 Å². The van der Waals surface area contributed by atoms with Crippen molar-refractivity contribution in [2.75, 3.05) is 6.54 Å². The standard InChI is InChI=1S/C88H114N2O4S4/c1-5-9-13-17-21-25-27-31-34-38-44-62(43-37-33-29-23-19-15-11-7-3)57-64-58-69-81-68(73-52-54-77(98-73)75-48-42-56-96-75)60-71-80-66(87(93)90(88(71)94)61-63(45-39-35-30-24-20-16-12-8-4)46-40-36-32-28-26-22-18-14-10-6-2)50-49-65(82(80)81)79-67(72-51-53-76(97-72)74-47-41-55-95-74)59-70-84(83(69)79)78(64)86(92)89-85(70)91/h41-42,47-56,58-60,62-63H,5-40,43-46,57,61H2,1-4H3,(H,89,91,92). The first-order valence-electron chi connectivity index (χ1n) is 39.5. The molecule has 11 rings (SSSR count). The second-order valence-electron chi connectivity index (χ2n) is 29.5. The van der Waals surface area contributed by atoms with E-state index in [2.05, 4.69) is 117 Å². The van der Waals surface area contributed by atoms with Gasteiger partial charge in [-0.05, 0) is 140 Å². The Labute approximate surface area is 604 Å². The van der Waals surface area contributed by atoms with Crippen LogP contribution in [0.4, 0.5) is 0 Å². The van der Waals surface area contributed by atoms with E-state index in [4.69, 9.17) is 0 Å². The number of hydrogen-bond acceptors (Lipinski definition) is 8. The number of unbranched alkanes of at least 4 members (excludes halogenated alkanes) is 32. The van der Waals surface area contributed by atoms with Crippen LogP contribution >= 0.6 is 45.3 Å². The molecular weight excluding hydrogens is 1280 g/mol. The molecule has 10 heteroatoms. The highest BCUT2D eigenvalue weighted by Crippen LogP contribution is 2.54. The topological polar surface area (TPSA) is 83.6 Å². The molecule has 6 nitrogen and oxygen atoms in total. The van der Waals surface area contributed by atoms with Gasteiger partial charge in [0.05, 0.1) is 5.56 Å². The van der Waals surface area contributed by atoms with Crippen molar-refractivity contribution in [3.05, 3.63) is 117 Å². The minimum Gasteiger partial charge on any atom is -0.288 e. The Morgan fingerprint density at radius 3 is 1.18 bits per heavy atom. The molecule has 0 radical (unpaired) electrons. The van der Waals surface area contributed by atoms with Gasteiger partial charge in [0.1, 0.15) is 0 Å². The lowest BCUT2D eigenvalue weighted by molar-refractivity contribution is 0.0576. The fraction of sp³-hybridized carbons (Fsp3) is 0.545. The SMILES string of the molecule is CCCCCCCCCCCCC(CCCCCCCCCC)Cc1cc2c3c(-c4ccc(-c5cccs5)s4)cc4c5c(ccc(c6c(-c7ccc(-c8cccs8)s7)cc7c(c1C(=O)NC7=O)c26)c53)C(=O)N(CC(CCCCCCCCCC)CCCCCCCCCCCC)C4=O. The number of nitrogens with zero attached hydrogens (tertiary/aromatic N) is 1. The average molecular weight is 1390 g/mol. The van der Waals surface area contributed by atoms with Gasteiger partial charge in [-0.15, -0.1) is 45.3 Å². The summed E-state index contributed by atoms with van der Waals surface area (Å²) in [6.45, 7) is 9.58. The van der Waals surface area contributed by atoms with Crippen LogP contribution in [-0.4, -0.2) is 35.1 Å². The largest absolute Gasteiger partial charge is 0.288 e. The maximum Gasteiger partial charge on any atom is 0.261 e. The van der Waals surface area contributed by atoms with Gasteiger partial charge in [-0.3, -0.25) is 29.4 Å². The van der Waals surface area contributed by atoms with Gasteiger partial charge in [-0.2, -0.15) is 0 Å². The van der Waals surface area contributed by atoms with Crippen molar-refractivity contribution in [2.24, 2.45) is 11.8 Å². The van der Waals surface area contributed by atoms with Gasteiger partial charge in [0.25, 0.3) is 23.6 Å². The smallest absolute Gasteiger partial charge is 0.261 e. The molecule has 9 aromatic rings. The Morgan fingerprint density at radius 1 is 0.337 bits per heavy atom. The molecule has 0 saturated heterocycles. The minimum atomic E-state index is -0.366. The summed E-state index contributed by atoms with van der Waals surface area (Å²) in [7, 11) is 0. The van der Waals surface area contributed by atoms with Crippen molar-refractivity contribution < 1.29 is 19.2 Å². The Hall–Kier alpha value is -5.52. The van der Waals surface area contributed by atoms with E-state index in [1.54, 1.807) is 50.2 Å². The number of carbonyl (C=O) groups is 4. The van der Waals surface area contributed by atoms with Crippen molar-refractivity contribution in [2.45, 2.75) is 291 Å². The highest BCUT2D eigenvalue weighted by Gasteiger charge is 2.39. The molecule has 4 aromatic heterocycles. The molecule has 524 valence electrons. The number of fused-ring (bicyclic) bond motifs is 2. The zero-order chi connectivity index (χ0) is 68.0. The molecule has 0 fully saturated rings. The van der Waals surface area contributed by atoms with Crippen LogP contribution in [0, 0.1) is 11.8 Å². The normalized spacial score (nSPS) is 13.9. The predicted molar refractivity (Wildman–Crippen MR) is 426 cm³/mol. The van der Waals surface area contributed by atoms with Gasteiger partial charge in [-0.1, -0.05) is 290 Å². The Bertz CT molecular complexity index is 4000. The molecule has 4 amide bonds. The van der Waals surface area contributed by atoms with Gasteiger partial charge in [0.2, 0.25) is 0 Å². The van der Waals surface area contributed by atoms with E-state index in [9.17, 15) is 4.79 Å². The molecule has 1 N–H and O–H groups in total. The fourth-order valence-electron chi connectivity index (χ4n) is 16.6. The minimum absolute atomic E-state index is 0.193. The quantitative estimate of drug-likeness (QED) is 0.0178. The summed E-state index contributed by atoms with van der Waals surface area (Å²) in [5, 5.41) is 14.4. The third-order valence-electron chi connectivity index (χ3n) is 22.0. The van der Waals surface area contributed by atoms with Crippen LogP contribution in [0.1, 0.15) is 332 Å². The average Bonchev–Trinajstić information content (AvgIpc) is 0.816. The van der Waals surface area contributed by atoms with Gasteiger partial charge in [-0.25, -0.2) is 0 Å². The molecule has 5 aromatic carbocycles. The Balaban J connectivity index is 1.04. The Morgan fingerprint density at radius 2 is 0.735 bits per heavy atom. The van der Waals surface area contributed by atoms with E-state index in [0.717, 1.165) is 137 Å². The molecule has 2 atom stereocenters. The van der Waals surface area contributed by atoms with Gasteiger partial charge in [0.15, 0.2) is 0 Å². The molecule has 0 saturated carbocycles. The molecule has 0 bridgehead atoms. The predicted octanol–water partition coefficient (Wildman–Crippen LogP) is 28.6. The Kier molecular flexibility index (Phi) is 28.5. The summed E-state index contributed by atoms with van der Waals surface area (Å²) >= 11 is 6.94. The molecule has 0 spiro atoms. The van der Waals surface area contributed by atoms with Gasteiger partial charge < -0.3 is 0 Å². The van der Waals surface area contributed by atoms with E-state index in [1.807, 2.05) is 6.07 Å². The van der Waals surface area contributed by atoms with Crippen LogP contribution in [0.5, 0.6) is 0 Å². The second kappa shape index (κ2) is 37.9. The number of rotatable bonds is 48. The number of benzene rings is 5. The molecule has 2 aliphatic rings. The van der Waals surface area contributed by atoms with Crippen molar-refractivity contribution in [3.63, 3.8) is 0 Å². The first-order chi connectivity index (χ1) is 48.2. The van der Waals surface area contributed by atoms with E-state index < -0.39 is 0 Å². The highest BCUT2D eigenvalue weighted by atomic mass is 32.1. The summed E-state index contributed by atoms with van der Waals surface area (Å²) in [5.74, 6) is -0.496. The summed E-state index contributed by atoms with van der Waals surface area (Å²) in [6, 6.07) is 28.2. The van der Waals surface area contributed by atoms with Crippen molar-refractivity contribution in [1.29, 1.82) is 0 Å². The third kappa shape index (κ3) is 18.2. The van der Waals surface area contributed by atoms with E-state index in [-0.39, 0.29) is 29.5 Å². The first kappa shape index (κ1) is 73.7. The number of imide groups is 2. The number of nitrogens with one attached hydrogen (secondary N) is 1. The lowest BCUT2D eigenvalue weighted by atomic mass is 9.77. The van der Waals surface area contributed by atoms with E-state index >= 15 is 14.4 Å². The summed E-state index contributed by atoms with van der Waals surface area (Å²) in [6.07, 6.45) is 50.8. The number of carbonyl (C=O) groups excluding carboxylic acids is 4. The van der Waals surface area contributed by atoms with Gasteiger partial charge in [0, 0.05) is 74.4 Å². The number of amides is 4. The second-order valence-corrected chi connectivity index (χ2v) is 33.6. The fourth-order valence-corrected chi connectivity index (χ4v) is 20.4. The summed E-state index contributed by atoms with van der Waals surface area (Å²) < 4.78 is 0. The van der Waals surface area contributed by atoms with Crippen LogP contribution in [0.2, 0.25) is 0 Å². The lowest BCUT2D eigenvalue weighted by Crippen LogP contribution is -2.43. The lowest BCUT2D eigenvalue weighted by Gasteiger charge is -2.32. The van der Waals surface area contributed by atoms with Crippen LogP contribution < -0.4 is 5.32 Å². The van der Waals surface area contributed by atoms with Crippen LogP contribution in [0.15, 0.2) is 89.6 Å². The zero-order valence-electron chi connectivity index (χ0n) is 60.2. The molecule has 2 aliphatic heterocycles. The van der Waals surface area contributed by atoms with Gasteiger partial charge >= 0.3 is 0 Å². The number of hydrogen-bond donors (Lipinski definition) is 1. The maximum absolute atomic E-state index is 16.1. The third-order valence-corrected chi connectivity index (χ3v) is 26.4. The maximum atomic E-state index is 16.1. The summed E-state index contributed by atoms with van der Waals surface area (Å²) in [4.78, 5) is 70.6. The van der Waals surface area contributed by atoms with Crippen LogP contribution in [-0.2, 0) is 6.42 Å². The van der Waals surface area contributed by atoms with Crippen LogP contribution in [0.3, 0.4) is 0 Å². The molecule has 6 heterocycles. The zero-order valence-corrected chi connectivity index (χ0v) is 63.5. The molecule has 98 heavy (non-hydrogen) atoms. The highest BCUT2D eigenvalue weighted by molar-refractivity contribution is 7.24. The molecule has 0 aliphatic carbocycles. The molecular formula is C88H114N2O4S4. The summed E-state index contributed by atoms with van der Waals surface area (Å²) in [5.41, 5.74) is 5.22. The van der Waals surface area contributed by atoms with Crippen LogP contribution in [0.25, 0.3) is 83.5 Å². The van der Waals surface area contributed by atoms with E-state index in [0.29, 0.717) is 34.7 Å². The van der Waals surface area contributed by atoms with E-state index in [1.165, 1.54) is 215 Å². The number of thiophene rings is 4. The molecule has 2 unspecified atom stereocenters. The van der Waals surface area contributed by atoms with Crippen molar-refractivity contribution >= 4 is 112 Å².